The molecule has 0 atom stereocenters. The second-order valence-corrected chi connectivity index (χ2v) is 4.38. The van der Waals surface area contributed by atoms with Crippen LogP contribution in [-0.4, -0.2) is 11.1 Å². The van der Waals surface area contributed by atoms with E-state index in [1.54, 1.807) is 30.3 Å². The molecule has 0 fully saturated rings. The maximum absolute atomic E-state index is 12.7. The zero-order chi connectivity index (χ0) is 15.5. The normalized spacial score (nSPS) is 11.8. The number of rotatable bonds is 3. The lowest BCUT2D eigenvalue weighted by molar-refractivity contribution is -0.137. The summed E-state index contributed by atoms with van der Waals surface area (Å²) in [5, 5.41) is 8.58. The Morgan fingerprint density at radius 3 is 2.24 bits per heavy atom. The molecule has 0 saturated carbocycles. The number of carboxylic acids is 1. The average molecular weight is 292 g/mol. The number of carboxylic acid groups (broad SMARTS) is 1. The van der Waals surface area contributed by atoms with Gasteiger partial charge in [-0.2, -0.15) is 13.2 Å². The van der Waals surface area contributed by atoms with Crippen LogP contribution in [0.25, 0.3) is 17.2 Å². The van der Waals surface area contributed by atoms with Gasteiger partial charge in [-0.15, -0.1) is 0 Å². The highest BCUT2D eigenvalue weighted by Crippen LogP contribution is 2.32. The van der Waals surface area contributed by atoms with Crippen LogP contribution in [0.3, 0.4) is 0 Å². The van der Waals surface area contributed by atoms with E-state index in [2.05, 4.69) is 0 Å². The van der Waals surface area contributed by atoms with Gasteiger partial charge in [0.15, 0.2) is 0 Å². The maximum Gasteiger partial charge on any atom is 0.416 e. The Labute approximate surface area is 119 Å². The van der Waals surface area contributed by atoms with Crippen molar-refractivity contribution in [2.75, 3.05) is 0 Å². The van der Waals surface area contributed by atoms with Gasteiger partial charge in [-0.05, 0) is 41.0 Å². The topological polar surface area (TPSA) is 37.3 Å². The maximum atomic E-state index is 12.7. The number of halogens is 3. The largest absolute Gasteiger partial charge is 0.478 e. The Morgan fingerprint density at radius 2 is 1.62 bits per heavy atom. The SMILES string of the molecule is O=C(O)/C=C/c1cccc(-c2cccc(C(F)(F)F)c2)c1. The fourth-order valence-electron chi connectivity index (χ4n) is 1.86. The van der Waals surface area contributed by atoms with Crippen LogP contribution < -0.4 is 0 Å². The van der Waals surface area contributed by atoms with Crippen molar-refractivity contribution >= 4 is 12.0 Å². The summed E-state index contributed by atoms with van der Waals surface area (Å²) < 4.78 is 38.1. The number of carbonyl (C=O) groups is 1. The Bertz CT molecular complexity index is 688. The van der Waals surface area contributed by atoms with E-state index in [4.69, 9.17) is 5.11 Å². The van der Waals surface area contributed by atoms with Gasteiger partial charge in [0, 0.05) is 6.08 Å². The van der Waals surface area contributed by atoms with Gasteiger partial charge in [0.25, 0.3) is 0 Å². The molecule has 0 spiro atoms. The summed E-state index contributed by atoms with van der Waals surface area (Å²) in [7, 11) is 0. The fraction of sp³-hybridized carbons (Fsp3) is 0.0625. The van der Waals surface area contributed by atoms with Gasteiger partial charge in [-0.25, -0.2) is 4.79 Å². The van der Waals surface area contributed by atoms with E-state index in [9.17, 15) is 18.0 Å². The molecule has 0 unspecified atom stereocenters. The van der Waals surface area contributed by atoms with Gasteiger partial charge in [-0.3, -0.25) is 0 Å². The van der Waals surface area contributed by atoms with E-state index in [-0.39, 0.29) is 0 Å². The number of hydrogen-bond acceptors (Lipinski definition) is 1. The van der Waals surface area contributed by atoms with E-state index in [1.165, 1.54) is 12.1 Å². The molecular formula is C16H11F3O2. The van der Waals surface area contributed by atoms with Crippen molar-refractivity contribution in [1.82, 2.24) is 0 Å². The molecule has 0 heterocycles. The molecule has 1 N–H and O–H groups in total. The highest BCUT2D eigenvalue weighted by atomic mass is 19.4. The van der Waals surface area contributed by atoms with Crippen molar-refractivity contribution in [3.63, 3.8) is 0 Å². The zero-order valence-corrected chi connectivity index (χ0v) is 10.8. The van der Waals surface area contributed by atoms with E-state index in [1.807, 2.05) is 0 Å². The minimum atomic E-state index is -4.39. The van der Waals surface area contributed by atoms with Crippen LogP contribution in [0.2, 0.25) is 0 Å². The molecule has 0 aromatic heterocycles. The molecular weight excluding hydrogens is 281 g/mol. The zero-order valence-electron chi connectivity index (χ0n) is 10.8. The first-order valence-electron chi connectivity index (χ1n) is 6.05. The molecule has 21 heavy (non-hydrogen) atoms. The summed E-state index contributed by atoms with van der Waals surface area (Å²) in [5.74, 6) is -1.08. The van der Waals surface area contributed by atoms with E-state index < -0.39 is 17.7 Å². The second kappa shape index (κ2) is 5.83. The number of aliphatic carboxylic acids is 1. The summed E-state index contributed by atoms with van der Waals surface area (Å²) in [5.41, 5.74) is 0.905. The molecule has 2 rings (SSSR count). The molecule has 2 aromatic carbocycles. The molecule has 2 nitrogen and oxygen atoms in total. The molecule has 0 aliphatic rings. The summed E-state index contributed by atoms with van der Waals surface area (Å²) in [4.78, 5) is 10.5. The first kappa shape index (κ1) is 14.8. The number of benzene rings is 2. The van der Waals surface area contributed by atoms with Gasteiger partial charge >= 0.3 is 12.1 Å². The Morgan fingerprint density at radius 1 is 1.00 bits per heavy atom. The Balaban J connectivity index is 2.39. The Kier molecular flexibility index (Phi) is 4.12. The minimum absolute atomic E-state index is 0.426. The molecule has 0 radical (unpaired) electrons. The minimum Gasteiger partial charge on any atom is -0.478 e. The standard InChI is InChI=1S/C16H11F3O2/c17-16(18,19)14-6-2-5-13(10-14)12-4-1-3-11(9-12)7-8-15(20)21/h1-10H,(H,20,21)/b8-7+. The van der Waals surface area contributed by atoms with Crippen molar-refractivity contribution in [2.45, 2.75) is 6.18 Å². The van der Waals surface area contributed by atoms with E-state index in [0.29, 0.717) is 16.7 Å². The van der Waals surface area contributed by atoms with Crippen LogP contribution in [0.4, 0.5) is 13.2 Å². The van der Waals surface area contributed by atoms with Gasteiger partial charge < -0.3 is 5.11 Å². The second-order valence-electron chi connectivity index (χ2n) is 4.38. The van der Waals surface area contributed by atoms with E-state index in [0.717, 1.165) is 18.2 Å². The summed E-state index contributed by atoms with van der Waals surface area (Å²) in [6.07, 6.45) is -2.03. The molecule has 0 bridgehead atoms. The third-order valence-electron chi connectivity index (χ3n) is 2.83. The predicted molar refractivity (Wildman–Crippen MR) is 73.5 cm³/mol. The summed E-state index contributed by atoms with van der Waals surface area (Å²) in [6, 6.07) is 11.7. The molecule has 0 aliphatic carbocycles. The van der Waals surface area contributed by atoms with Crippen LogP contribution in [0.1, 0.15) is 11.1 Å². The fourth-order valence-corrected chi connectivity index (χ4v) is 1.86. The van der Waals surface area contributed by atoms with Crippen LogP contribution >= 0.6 is 0 Å². The van der Waals surface area contributed by atoms with Crippen LogP contribution in [-0.2, 0) is 11.0 Å². The molecule has 0 aliphatic heterocycles. The van der Waals surface area contributed by atoms with Crippen LogP contribution in [0.15, 0.2) is 54.6 Å². The first-order chi connectivity index (χ1) is 9.86. The van der Waals surface area contributed by atoms with Gasteiger partial charge in [0.05, 0.1) is 5.56 Å². The highest BCUT2D eigenvalue weighted by Gasteiger charge is 2.30. The van der Waals surface area contributed by atoms with Crippen molar-refractivity contribution in [1.29, 1.82) is 0 Å². The monoisotopic (exact) mass is 292 g/mol. The van der Waals surface area contributed by atoms with Gasteiger partial charge in [0.1, 0.15) is 0 Å². The van der Waals surface area contributed by atoms with Crippen LogP contribution in [0, 0.1) is 0 Å². The van der Waals surface area contributed by atoms with E-state index >= 15 is 0 Å². The summed E-state index contributed by atoms with van der Waals surface area (Å²) >= 11 is 0. The smallest absolute Gasteiger partial charge is 0.416 e. The van der Waals surface area contributed by atoms with Gasteiger partial charge in [0.2, 0.25) is 0 Å². The molecule has 0 saturated heterocycles. The van der Waals surface area contributed by atoms with Crippen LogP contribution in [0.5, 0.6) is 0 Å². The van der Waals surface area contributed by atoms with Crippen molar-refractivity contribution in [3.05, 3.63) is 65.7 Å². The molecule has 2 aromatic rings. The lowest BCUT2D eigenvalue weighted by Crippen LogP contribution is -2.04. The molecule has 108 valence electrons. The van der Waals surface area contributed by atoms with Crippen molar-refractivity contribution < 1.29 is 23.1 Å². The number of hydrogen-bond donors (Lipinski definition) is 1. The van der Waals surface area contributed by atoms with Crippen molar-refractivity contribution in [2.24, 2.45) is 0 Å². The molecule has 0 amide bonds. The predicted octanol–water partition coefficient (Wildman–Crippen LogP) is 4.47. The van der Waals surface area contributed by atoms with Gasteiger partial charge in [-0.1, -0.05) is 30.3 Å². The third-order valence-corrected chi connectivity index (χ3v) is 2.83. The highest BCUT2D eigenvalue weighted by molar-refractivity contribution is 5.85. The summed E-state index contributed by atoms with van der Waals surface area (Å²) in [6.45, 7) is 0. The number of alkyl halides is 3. The van der Waals surface area contributed by atoms with Crippen molar-refractivity contribution in [3.8, 4) is 11.1 Å². The Hall–Kier alpha value is -2.56. The third kappa shape index (κ3) is 3.95. The lowest BCUT2D eigenvalue weighted by Gasteiger charge is -2.09. The quantitative estimate of drug-likeness (QED) is 0.847. The lowest BCUT2D eigenvalue weighted by atomic mass is 10.0. The molecule has 5 heteroatoms. The average Bonchev–Trinajstić information content (AvgIpc) is 2.45. The first-order valence-corrected chi connectivity index (χ1v) is 6.05.